The number of amides is 1. The molecule has 0 saturated heterocycles. The van der Waals surface area contributed by atoms with Crippen molar-refractivity contribution in [1.82, 2.24) is 5.16 Å². The number of para-hydroxylation sites is 1. The number of benzene rings is 1. The molecule has 0 aliphatic heterocycles. The molecule has 0 aliphatic rings. The number of aliphatic hydroxyl groups is 1. The molecule has 0 atom stereocenters. The largest absolute Gasteiger partial charge is 0.395 e. The lowest BCUT2D eigenvalue weighted by molar-refractivity contribution is 0.101. The highest BCUT2D eigenvalue weighted by atomic mass is 16.5. The SMILES string of the molecule is O=C(Nc1ccccc1C#CCCO)c1ccon1. The molecule has 0 unspecified atom stereocenters. The molecule has 1 aromatic carbocycles. The average Bonchev–Trinajstić information content (AvgIpc) is 2.95. The first kappa shape index (κ1) is 12.9. The molecule has 0 bridgehead atoms. The number of aromatic nitrogens is 1. The normalized spacial score (nSPS) is 9.53. The molecule has 5 nitrogen and oxygen atoms in total. The average molecular weight is 256 g/mol. The van der Waals surface area contributed by atoms with Gasteiger partial charge < -0.3 is 14.9 Å². The molecular weight excluding hydrogens is 244 g/mol. The fraction of sp³-hybridized carbons (Fsp3) is 0.143. The lowest BCUT2D eigenvalue weighted by Crippen LogP contribution is -2.13. The van der Waals surface area contributed by atoms with E-state index in [1.165, 1.54) is 12.3 Å². The lowest BCUT2D eigenvalue weighted by atomic mass is 10.1. The highest BCUT2D eigenvalue weighted by Crippen LogP contribution is 2.14. The second kappa shape index (κ2) is 6.38. The Morgan fingerprint density at radius 3 is 2.95 bits per heavy atom. The monoisotopic (exact) mass is 256 g/mol. The number of carbonyl (C=O) groups is 1. The van der Waals surface area contributed by atoms with Gasteiger partial charge in [-0.15, -0.1) is 0 Å². The van der Waals surface area contributed by atoms with Crippen LogP contribution < -0.4 is 5.32 Å². The Morgan fingerprint density at radius 2 is 2.21 bits per heavy atom. The third-order valence-corrected chi connectivity index (χ3v) is 2.31. The van der Waals surface area contributed by atoms with Crippen molar-refractivity contribution in [3.63, 3.8) is 0 Å². The van der Waals surface area contributed by atoms with E-state index >= 15 is 0 Å². The van der Waals surface area contributed by atoms with E-state index in [4.69, 9.17) is 5.11 Å². The maximum atomic E-state index is 11.8. The van der Waals surface area contributed by atoms with Crippen molar-refractivity contribution >= 4 is 11.6 Å². The number of nitrogens with one attached hydrogen (secondary N) is 1. The van der Waals surface area contributed by atoms with Crippen LogP contribution in [0.15, 0.2) is 41.1 Å². The predicted octanol–water partition coefficient (Wildman–Crippen LogP) is 1.66. The summed E-state index contributed by atoms with van der Waals surface area (Å²) in [6.45, 7) is 0.0144. The highest BCUT2D eigenvalue weighted by molar-refractivity contribution is 6.03. The summed E-state index contributed by atoms with van der Waals surface area (Å²) >= 11 is 0. The Labute approximate surface area is 110 Å². The van der Waals surface area contributed by atoms with E-state index in [0.29, 0.717) is 17.7 Å². The van der Waals surface area contributed by atoms with Crippen molar-refractivity contribution < 1.29 is 14.4 Å². The Bertz CT molecular complexity index is 609. The van der Waals surface area contributed by atoms with Gasteiger partial charge in [-0.2, -0.15) is 0 Å². The molecule has 0 aliphatic carbocycles. The zero-order valence-corrected chi connectivity index (χ0v) is 10.1. The Balaban J connectivity index is 2.17. The fourth-order valence-corrected chi connectivity index (χ4v) is 1.43. The molecule has 1 aromatic heterocycles. The van der Waals surface area contributed by atoms with Crippen LogP contribution in [0.1, 0.15) is 22.5 Å². The molecular formula is C14H12N2O3. The number of rotatable bonds is 3. The Morgan fingerprint density at radius 1 is 1.37 bits per heavy atom. The summed E-state index contributed by atoms with van der Waals surface area (Å²) in [5.41, 5.74) is 1.49. The molecule has 2 N–H and O–H groups in total. The minimum atomic E-state index is -0.356. The van der Waals surface area contributed by atoms with Crippen LogP contribution in [0.4, 0.5) is 5.69 Å². The third-order valence-electron chi connectivity index (χ3n) is 2.31. The number of carbonyl (C=O) groups excluding carboxylic acids is 1. The molecule has 5 heteroatoms. The summed E-state index contributed by atoms with van der Waals surface area (Å²) in [5, 5.41) is 15.0. The summed E-state index contributed by atoms with van der Waals surface area (Å²) in [6, 6.07) is 8.66. The zero-order chi connectivity index (χ0) is 13.5. The smallest absolute Gasteiger partial charge is 0.277 e. The first-order valence-electron chi connectivity index (χ1n) is 5.72. The summed E-state index contributed by atoms with van der Waals surface area (Å²) in [4.78, 5) is 11.8. The van der Waals surface area contributed by atoms with Crippen LogP contribution in [0.2, 0.25) is 0 Å². The second-order valence-electron chi connectivity index (χ2n) is 3.66. The molecule has 1 amide bonds. The minimum Gasteiger partial charge on any atom is -0.395 e. The standard InChI is InChI=1S/C14H12N2O3/c17-9-4-3-6-11-5-1-2-7-12(11)15-14(18)13-8-10-19-16-13/h1-2,5,7-8,10,17H,4,9H2,(H,15,18). The quantitative estimate of drug-likeness (QED) is 0.819. The predicted molar refractivity (Wildman–Crippen MR) is 69.5 cm³/mol. The van der Waals surface area contributed by atoms with Crippen LogP contribution in [0.3, 0.4) is 0 Å². The van der Waals surface area contributed by atoms with E-state index in [2.05, 4.69) is 26.8 Å². The summed E-state index contributed by atoms with van der Waals surface area (Å²) in [7, 11) is 0. The molecule has 19 heavy (non-hydrogen) atoms. The molecule has 1 heterocycles. The fourth-order valence-electron chi connectivity index (χ4n) is 1.43. The van der Waals surface area contributed by atoms with E-state index in [0.717, 1.165) is 0 Å². The number of nitrogens with zero attached hydrogens (tertiary/aromatic N) is 1. The van der Waals surface area contributed by atoms with Crippen molar-refractivity contribution in [2.24, 2.45) is 0 Å². The number of aliphatic hydroxyl groups excluding tert-OH is 1. The summed E-state index contributed by atoms with van der Waals surface area (Å²) in [6.07, 6.45) is 1.73. The highest BCUT2D eigenvalue weighted by Gasteiger charge is 2.10. The van der Waals surface area contributed by atoms with Crippen LogP contribution in [-0.2, 0) is 0 Å². The van der Waals surface area contributed by atoms with Crippen LogP contribution in [-0.4, -0.2) is 22.8 Å². The Kier molecular flexibility index (Phi) is 4.32. The van der Waals surface area contributed by atoms with Gasteiger partial charge >= 0.3 is 0 Å². The molecule has 2 rings (SSSR count). The molecule has 0 saturated carbocycles. The first-order chi connectivity index (χ1) is 9.31. The van der Waals surface area contributed by atoms with Crippen molar-refractivity contribution in [3.05, 3.63) is 47.9 Å². The van der Waals surface area contributed by atoms with Crippen LogP contribution >= 0.6 is 0 Å². The maximum absolute atomic E-state index is 11.8. The van der Waals surface area contributed by atoms with E-state index in [1.807, 2.05) is 6.07 Å². The Hall–Kier alpha value is -2.58. The summed E-state index contributed by atoms with van der Waals surface area (Å²) in [5.74, 6) is 5.35. The van der Waals surface area contributed by atoms with E-state index in [9.17, 15) is 4.79 Å². The van der Waals surface area contributed by atoms with Crippen LogP contribution in [0, 0.1) is 11.8 Å². The molecule has 96 valence electrons. The number of anilines is 1. The van der Waals surface area contributed by atoms with Gasteiger partial charge in [0.05, 0.1) is 12.3 Å². The van der Waals surface area contributed by atoms with Crippen molar-refractivity contribution in [3.8, 4) is 11.8 Å². The van der Waals surface area contributed by atoms with E-state index in [-0.39, 0.29) is 18.2 Å². The van der Waals surface area contributed by atoms with Gasteiger partial charge in [-0.25, -0.2) is 0 Å². The van der Waals surface area contributed by atoms with Gasteiger partial charge in [0.2, 0.25) is 0 Å². The van der Waals surface area contributed by atoms with Gasteiger partial charge in [-0.1, -0.05) is 29.1 Å². The van der Waals surface area contributed by atoms with Crippen LogP contribution in [0.5, 0.6) is 0 Å². The van der Waals surface area contributed by atoms with Gasteiger partial charge in [-0.05, 0) is 12.1 Å². The first-order valence-corrected chi connectivity index (χ1v) is 5.72. The zero-order valence-electron chi connectivity index (χ0n) is 10.1. The molecule has 0 radical (unpaired) electrons. The van der Waals surface area contributed by atoms with Gasteiger partial charge in [0.25, 0.3) is 5.91 Å². The molecule has 2 aromatic rings. The number of hydrogen-bond donors (Lipinski definition) is 2. The van der Waals surface area contributed by atoms with Crippen molar-refractivity contribution in [1.29, 1.82) is 0 Å². The van der Waals surface area contributed by atoms with Crippen LogP contribution in [0.25, 0.3) is 0 Å². The van der Waals surface area contributed by atoms with Gasteiger partial charge in [0, 0.05) is 18.1 Å². The van der Waals surface area contributed by atoms with Gasteiger partial charge in [0.1, 0.15) is 6.26 Å². The van der Waals surface area contributed by atoms with E-state index in [1.54, 1.807) is 18.2 Å². The van der Waals surface area contributed by atoms with E-state index < -0.39 is 0 Å². The number of hydrogen-bond acceptors (Lipinski definition) is 4. The second-order valence-corrected chi connectivity index (χ2v) is 3.66. The summed E-state index contributed by atoms with van der Waals surface area (Å²) < 4.78 is 4.62. The van der Waals surface area contributed by atoms with Crippen molar-refractivity contribution in [2.45, 2.75) is 6.42 Å². The van der Waals surface area contributed by atoms with Gasteiger partial charge in [0.15, 0.2) is 5.69 Å². The topological polar surface area (TPSA) is 75.4 Å². The maximum Gasteiger partial charge on any atom is 0.277 e. The third kappa shape index (κ3) is 3.44. The van der Waals surface area contributed by atoms with Crippen molar-refractivity contribution in [2.75, 3.05) is 11.9 Å². The molecule has 0 fully saturated rings. The minimum absolute atomic E-state index is 0.0144. The lowest BCUT2D eigenvalue weighted by Gasteiger charge is -2.05. The molecule has 0 spiro atoms. The van der Waals surface area contributed by atoms with Gasteiger partial charge in [-0.3, -0.25) is 4.79 Å².